The Kier molecular flexibility index (Phi) is 6.16. The van der Waals surface area contributed by atoms with Crippen molar-refractivity contribution < 1.29 is 14.3 Å². The van der Waals surface area contributed by atoms with Gasteiger partial charge in [-0.05, 0) is 48.2 Å². The SMILES string of the molecule is COc1ccc2nccc(CCOC(=O)n3ccnc3[C@@H](C)c3cccc(C)c3C)c2n1. The van der Waals surface area contributed by atoms with Gasteiger partial charge in [-0.25, -0.2) is 19.3 Å². The zero-order chi connectivity index (χ0) is 22.7. The van der Waals surface area contributed by atoms with Crippen LogP contribution in [0.3, 0.4) is 0 Å². The second-order valence-corrected chi connectivity index (χ2v) is 7.72. The maximum absolute atomic E-state index is 12.8. The Morgan fingerprint density at radius 2 is 1.94 bits per heavy atom. The Labute approximate surface area is 187 Å². The third-order valence-corrected chi connectivity index (χ3v) is 5.81. The summed E-state index contributed by atoms with van der Waals surface area (Å²) < 4.78 is 12.3. The van der Waals surface area contributed by atoms with Crippen LogP contribution in [-0.4, -0.2) is 39.3 Å². The maximum Gasteiger partial charge on any atom is 0.419 e. The second-order valence-electron chi connectivity index (χ2n) is 7.72. The van der Waals surface area contributed by atoms with Crippen LogP contribution in [-0.2, 0) is 11.2 Å². The summed E-state index contributed by atoms with van der Waals surface area (Å²) >= 11 is 0. The highest BCUT2D eigenvalue weighted by atomic mass is 16.5. The van der Waals surface area contributed by atoms with E-state index in [9.17, 15) is 4.79 Å². The van der Waals surface area contributed by atoms with Crippen molar-refractivity contribution in [1.29, 1.82) is 0 Å². The normalized spacial score (nSPS) is 12.0. The highest BCUT2D eigenvalue weighted by Gasteiger charge is 2.20. The maximum atomic E-state index is 12.8. The molecule has 0 saturated carbocycles. The number of hydrogen-bond donors (Lipinski definition) is 0. The van der Waals surface area contributed by atoms with E-state index in [1.807, 2.05) is 18.2 Å². The molecule has 1 aromatic carbocycles. The molecule has 0 spiro atoms. The predicted octanol–water partition coefficient (Wildman–Crippen LogP) is 4.83. The average Bonchev–Trinajstić information content (AvgIpc) is 3.30. The minimum Gasteiger partial charge on any atom is -0.481 e. The first-order valence-corrected chi connectivity index (χ1v) is 10.5. The summed E-state index contributed by atoms with van der Waals surface area (Å²) in [7, 11) is 1.58. The zero-order valence-corrected chi connectivity index (χ0v) is 18.7. The highest BCUT2D eigenvalue weighted by Crippen LogP contribution is 2.27. The van der Waals surface area contributed by atoms with Gasteiger partial charge < -0.3 is 9.47 Å². The molecule has 7 heteroatoms. The van der Waals surface area contributed by atoms with Crippen LogP contribution in [0.15, 0.2) is 55.0 Å². The largest absolute Gasteiger partial charge is 0.481 e. The smallest absolute Gasteiger partial charge is 0.419 e. The van der Waals surface area contributed by atoms with Gasteiger partial charge >= 0.3 is 6.09 Å². The molecule has 0 fully saturated rings. The molecule has 0 aliphatic heterocycles. The van der Waals surface area contributed by atoms with E-state index in [4.69, 9.17) is 9.47 Å². The van der Waals surface area contributed by atoms with E-state index in [2.05, 4.69) is 47.9 Å². The number of pyridine rings is 2. The van der Waals surface area contributed by atoms with Gasteiger partial charge in [0.2, 0.25) is 5.88 Å². The molecular formula is C25H26N4O3. The molecule has 1 atom stereocenters. The van der Waals surface area contributed by atoms with Crippen molar-refractivity contribution in [1.82, 2.24) is 19.5 Å². The Morgan fingerprint density at radius 1 is 1.09 bits per heavy atom. The zero-order valence-electron chi connectivity index (χ0n) is 18.7. The molecule has 0 bridgehead atoms. The summed E-state index contributed by atoms with van der Waals surface area (Å²) in [6.07, 6.45) is 5.08. The van der Waals surface area contributed by atoms with Gasteiger partial charge in [0.15, 0.2) is 0 Å². The molecule has 164 valence electrons. The van der Waals surface area contributed by atoms with Gasteiger partial charge in [-0.1, -0.05) is 25.1 Å². The Bertz CT molecular complexity index is 1270. The predicted molar refractivity (Wildman–Crippen MR) is 122 cm³/mol. The summed E-state index contributed by atoms with van der Waals surface area (Å²) in [4.78, 5) is 26.1. The molecule has 32 heavy (non-hydrogen) atoms. The van der Waals surface area contributed by atoms with Crippen molar-refractivity contribution in [2.75, 3.05) is 13.7 Å². The Hall–Kier alpha value is -3.74. The van der Waals surface area contributed by atoms with Crippen LogP contribution in [0, 0.1) is 13.8 Å². The fourth-order valence-corrected chi connectivity index (χ4v) is 3.87. The number of fused-ring (bicyclic) bond motifs is 1. The van der Waals surface area contributed by atoms with Gasteiger partial charge in [0.25, 0.3) is 0 Å². The monoisotopic (exact) mass is 430 g/mol. The third kappa shape index (κ3) is 4.19. The standard InChI is InChI=1S/C25H26N4O3/c1-16-6-5-7-20(17(16)2)18(3)24-27-13-14-29(24)25(30)32-15-11-19-10-12-26-21-8-9-22(31-4)28-23(19)21/h5-10,12-14,18H,11,15H2,1-4H3/t18-/m0/s1. The number of aromatic nitrogens is 4. The van der Waals surface area contributed by atoms with Gasteiger partial charge in [-0.15, -0.1) is 0 Å². The Morgan fingerprint density at radius 3 is 2.75 bits per heavy atom. The molecule has 0 saturated heterocycles. The highest BCUT2D eigenvalue weighted by molar-refractivity contribution is 5.78. The Balaban J connectivity index is 1.48. The number of rotatable bonds is 6. The lowest BCUT2D eigenvalue weighted by molar-refractivity contribution is 0.148. The number of hydrogen-bond acceptors (Lipinski definition) is 6. The van der Waals surface area contributed by atoms with Crippen LogP contribution in [0.4, 0.5) is 4.79 Å². The van der Waals surface area contributed by atoms with Crippen molar-refractivity contribution in [3.8, 4) is 5.88 Å². The van der Waals surface area contributed by atoms with E-state index in [0.29, 0.717) is 18.1 Å². The molecule has 0 aliphatic rings. The number of carbonyl (C=O) groups excluding carboxylic acids is 1. The summed E-state index contributed by atoms with van der Waals surface area (Å²) in [6, 6.07) is 11.7. The molecule has 0 aliphatic carbocycles. The van der Waals surface area contributed by atoms with E-state index >= 15 is 0 Å². The van der Waals surface area contributed by atoms with E-state index in [1.54, 1.807) is 31.8 Å². The van der Waals surface area contributed by atoms with Crippen LogP contribution in [0.5, 0.6) is 5.88 Å². The number of imidazole rings is 1. The molecule has 0 unspecified atom stereocenters. The molecule has 4 aromatic rings. The van der Waals surface area contributed by atoms with Crippen LogP contribution >= 0.6 is 0 Å². The first kappa shape index (κ1) is 21.5. The van der Waals surface area contributed by atoms with Gasteiger partial charge in [0.1, 0.15) is 5.82 Å². The van der Waals surface area contributed by atoms with Gasteiger partial charge in [0.05, 0.1) is 24.8 Å². The minimum atomic E-state index is -0.446. The molecule has 7 nitrogen and oxygen atoms in total. The number of benzene rings is 1. The topological polar surface area (TPSA) is 79.1 Å². The van der Waals surface area contributed by atoms with Crippen molar-refractivity contribution in [3.63, 3.8) is 0 Å². The van der Waals surface area contributed by atoms with Crippen molar-refractivity contribution in [3.05, 3.63) is 83.1 Å². The molecular weight excluding hydrogens is 404 g/mol. The van der Waals surface area contributed by atoms with E-state index in [1.165, 1.54) is 15.7 Å². The van der Waals surface area contributed by atoms with Crippen LogP contribution in [0.1, 0.15) is 40.9 Å². The third-order valence-electron chi connectivity index (χ3n) is 5.81. The van der Waals surface area contributed by atoms with Crippen LogP contribution in [0.2, 0.25) is 0 Å². The van der Waals surface area contributed by atoms with E-state index < -0.39 is 6.09 Å². The lowest BCUT2D eigenvalue weighted by atomic mass is 9.93. The van der Waals surface area contributed by atoms with E-state index in [0.717, 1.165) is 22.2 Å². The van der Waals surface area contributed by atoms with Crippen molar-refractivity contribution in [2.24, 2.45) is 0 Å². The quantitative estimate of drug-likeness (QED) is 0.436. The van der Waals surface area contributed by atoms with Crippen LogP contribution in [0.25, 0.3) is 11.0 Å². The second kappa shape index (κ2) is 9.18. The number of nitrogens with zero attached hydrogens (tertiary/aromatic N) is 4. The minimum absolute atomic E-state index is 0.0433. The summed E-state index contributed by atoms with van der Waals surface area (Å²) in [5.41, 5.74) is 6.02. The van der Waals surface area contributed by atoms with Crippen LogP contribution < -0.4 is 4.74 Å². The number of aryl methyl sites for hydroxylation is 1. The lowest BCUT2D eigenvalue weighted by Crippen LogP contribution is -2.19. The molecule has 0 N–H and O–H groups in total. The molecule has 3 aromatic heterocycles. The fraction of sp³-hybridized carbons (Fsp3) is 0.280. The number of ether oxygens (including phenoxy) is 2. The summed E-state index contributed by atoms with van der Waals surface area (Å²) in [5.74, 6) is 1.13. The summed E-state index contributed by atoms with van der Waals surface area (Å²) in [5, 5.41) is 0. The fourth-order valence-electron chi connectivity index (χ4n) is 3.87. The van der Waals surface area contributed by atoms with Crippen molar-refractivity contribution in [2.45, 2.75) is 33.1 Å². The first-order chi connectivity index (χ1) is 15.5. The van der Waals surface area contributed by atoms with Gasteiger partial charge in [0, 0.05) is 37.0 Å². The number of methoxy groups -OCH3 is 1. The van der Waals surface area contributed by atoms with Gasteiger partial charge in [-0.2, -0.15) is 0 Å². The average molecular weight is 431 g/mol. The molecule has 3 heterocycles. The van der Waals surface area contributed by atoms with E-state index in [-0.39, 0.29) is 12.5 Å². The number of carbonyl (C=O) groups is 1. The first-order valence-electron chi connectivity index (χ1n) is 10.5. The molecule has 0 amide bonds. The molecule has 4 rings (SSSR count). The lowest BCUT2D eigenvalue weighted by Gasteiger charge is -2.17. The molecule has 0 radical (unpaired) electrons. The van der Waals surface area contributed by atoms with Crippen molar-refractivity contribution >= 4 is 17.1 Å². The van der Waals surface area contributed by atoms with Gasteiger partial charge in [-0.3, -0.25) is 4.98 Å². The summed E-state index contributed by atoms with van der Waals surface area (Å²) in [6.45, 7) is 6.44.